The average Bonchev–Trinajstić information content (AvgIpc) is 3.39. The summed E-state index contributed by atoms with van der Waals surface area (Å²) in [5, 5.41) is 25.7. The number of carbonyl (C=O) groups excluding carboxylic acids is 1. The smallest absolute Gasteiger partial charge is 0.326 e. The number of aromatic amines is 1. The zero-order chi connectivity index (χ0) is 20.9. The highest BCUT2D eigenvalue weighted by atomic mass is 32.2. The van der Waals surface area contributed by atoms with Crippen LogP contribution in [0.4, 0.5) is 0 Å². The number of hydrogen-bond donors (Lipinski definition) is 3. The number of H-pyrrole nitrogens is 1. The molecule has 0 spiro atoms. The fourth-order valence-electron chi connectivity index (χ4n) is 3.92. The molecule has 0 saturated heterocycles. The minimum Gasteiger partial charge on any atom is -0.480 e. The van der Waals surface area contributed by atoms with E-state index in [2.05, 4.69) is 25.8 Å². The molecule has 1 aliphatic carbocycles. The number of fused-ring (bicyclic) bond motifs is 1. The fourth-order valence-corrected chi connectivity index (χ4v) is 4.68. The number of amides is 1. The first-order chi connectivity index (χ1) is 14.6. The molecule has 9 nitrogen and oxygen atoms in total. The molecule has 0 aliphatic heterocycles. The highest BCUT2D eigenvalue weighted by Gasteiger charge is 2.24. The van der Waals surface area contributed by atoms with E-state index in [4.69, 9.17) is 0 Å². The van der Waals surface area contributed by atoms with Crippen molar-refractivity contribution in [2.45, 2.75) is 55.8 Å². The Hall–Kier alpha value is -2.88. The number of hydrogen-bond acceptors (Lipinski definition) is 6. The maximum atomic E-state index is 12.5. The van der Waals surface area contributed by atoms with Gasteiger partial charge in [-0.2, -0.15) is 0 Å². The molecule has 30 heavy (non-hydrogen) atoms. The molecule has 1 fully saturated rings. The lowest BCUT2D eigenvalue weighted by Crippen LogP contribution is -2.43. The van der Waals surface area contributed by atoms with Gasteiger partial charge in [0, 0.05) is 23.5 Å². The summed E-state index contributed by atoms with van der Waals surface area (Å²) in [6, 6.07) is 6.95. The van der Waals surface area contributed by atoms with Gasteiger partial charge in [-0.1, -0.05) is 49.2 Å². The van der Waals surface area contributed by atoms with Crippen LogP contribution >= 0.6 is 11.8 Å². The van der Waals surface area contributed by atoms with Crippen molar-refractivity contribution in [2.75, 3.05) is 5.75 Å². The number of benzene rings is 1. The van der Waals surface area contributed by atoms with Crippen LogP contribution in [0.25, 0.3) is 10.9 Å². The average molecular weight is 429 g/mol. The number of tetrazole rings is 1. The Morgan fingerprint density at radius 3 is 2.87 bits per heavy atom. The monoisotopic (exact) mass is 428 g/mol. The number of carboxylic acid groups (broad SMARTS) is 1. The van der Waals surface area contributed by atoms with Crippen LogP contribution in [0, 0.1) is 0 Å². The molecule has 1 aliphatic rings. The van der Waals surface area contributed by atoms with E-state index < -0.39 is 12.0 Å². The molecule has 3 aromatic rings. The molecule has 1 saturated carbocycles. The molecule has 1 atom stereocenters. The lowest BCUT2D eigenvalue weighted by molar-refractivity contribution is -0.141. The van der Waals surface area contributed by atoms with Crippen LogP contribution < -0.4 is 5.32 Å². The van der Waals surface area contributed by atoms with Crippen LogP contribution in [0.15, 0.2) is 35.6 Å². The van der Waals surface area contributed by atoms with Crippen LogP contribution in [0.3, 0.4) is 0 Å². The first-order valence-electron chi connectivity index (χ1n) is 10.1. The Labute approximate surface area is 177 Å². The second kappa shape index (κ2) is 9.29. The van der Waals surface area contributed by atoms with Gasteiger partial charge in [-0.05, 0) is 34.9 Å². The van der Waals surface area contributed by atoms with Gasteiger partial charge >= 0.3 is 5.97 Å². The van der Waals surface area contributed by atoms with E-state index in [9.17, 15) is 14.7 Å². The highest BCUT2D eigenvalue weighted by Crippen LogP contribution is 2.30. The normalized spacial score (nSPS) is 15.9. The number of para-hydroxylation sites is 1. The number of carbonyl (C=O) groups is 2. The lowest BCUT2D eigenvalue weighted by atomic mass is 9.96. The number of aliphatic carboxylic acids is 1. The van der Waals surface area contributed by atoms with Crippen molar-refractivity contribution in [3.05, 3.63) is 36.0 Å². The van der Waals surface area contributed by atoms with Crippen LogP contribution in [0.5, 0.6) is 0 Å². The lowest BCUT2D eigenvalue weighted by Gasteiger charge is -2.22. The third kappa shape index (κ3) is 4.64. The molecule has 10 heteroatoms. The third-order valence-corrected chi connectivity index (χ3v) is 6.38. The molecule has 1 aromatic carbocycles. The Morgan fingerprint density at radius 2 is 2.07 bits per heavy atom. The van der Waals surface area contributed by atoms with Gasteiger partial charge in [0.15, 0.2) is 0 Å². The first-order valence-corrected chi connectivity index (χ1v) is 11.1. The zero-order valence-electron chi connectivity index (χ0n) is 16.5. The van der Waals surface area contributed by atoms with E-state index in [0.717, 1.165) is 42.1 Å². The van der Waals surface area contributed by atoms with Crippen LogP contribution in [-0.2, 0) is 16.0 Å². The van der Waals surface area contributed by atoms with Crippen molar-refractivity contribution in [2.24, 2.45) is 0 Å². The van der Waals surface area contributed by atoms with Gasteiger partial charge in [-0.3, -0.25) is 4.79 Å². The largest absolute Gasteiger partial charge is 0.480 e. The Bertz CT molecular complexity index is 1030. The van der Waals surface area contributed by atoms with Crippen molar-refractivity contribution in [3.63, 3.8) is 0 Å². The molecule has 1 amide bonds. The molecule has 2 heterocycles. The predicted molar refractivity (Wildman–Crippen MR) is 112 cm³/mol. The number of nitrogens with zero attached hydrogens (tertiary/aromatic N) is 4. The second-order valence-electron chi connectivity index (χ2n) is 7.51. The van der Waals surface area contributed by atoms with E-state index in [1.165, 1.54) is 18.2 Å². The van der Waals surface area contributed by atoms with Crippen LogP contribution in [0.1, 0.15) is 43.7 Å². The third-order valence-electron chi connectivity index (χ3n) is 5.45. The van der Waals surface area contributed by atoms with Crippen molar-refractivity contribution in [3.8, 4) is 0 Å². The molecule has 158 valence electrons. The number of thioether (sulfide) groups is 1. The SMILES string of the molecule is O=C(CSc1nnnn1C1CCCCC1)N[C@@H](Cc1c[nH]c2ccccc12)C(=O)O. The topological polar surface area (TPSA) is 126 Å². The molecule has 4 rings (SSSR count). The number of rotatable bonds is 8. The zero-order valence-corrected chi connectivity index (χ0v) is 17.3. The molecular formula is C20H24N6O3S. The Kier molecular flexibility index (Phi) is 6.32. The highest BCUT2D eigenvalue weighted by molar-refractivity contribution is 7.99. The van der Waals surface area contributed by atoms with Gasteiger partial charge < -0.3 is 15.4 Å². The van der Waals surface area contributed by atoms with E-state index >= 15 is 0 Å². The Balaban J connectivity index is 1.36. The number of aromatic nitrogens is 5. The number of carboxylic acids is 1. The summed E-state index contributed by atoms with van der Waals surface area (Å²) in [4.78, 5) is 27.3. The summed E-state index contributed by atoms with van der Waals surface area (Å²) >= 11 is 1.24. The summed E-state index contributed by atoms with van der Waals surface area (Å²) in [5.74, 6) is -1.36. The van der Waals surface area contributed by atoms with Gasteiger partial charge in [-0.15, -0.1) is 5.10 Å². The standard InChI is InChI=1S/C20H24N6O3S/c27-18(12-30-20-23-24-25-26(20)14-6-2-1-3-7-14)22-17(19(28)29)10-13-11-21-16-9-5-4-8-15(13)16/h4-5,8-9,11,14,17,21H,1-3,6-7,10,12H2,(H,22,27)(H,28,29)/t17-/m0/s1. The van der Waals surface area contributed by atoms with Gasteiger partial charge in [0.1, 0.15) is 6.04 Å². The van der Waals surface area contributed by atoms with Crippen molar-refractivity contribution in [1.29, 1.82) is 0 Å². The summed E-state index contributed by atoms with van der Waals surface area (Å²) in [7, 11) is 0. The van der Waals surface area contributed by atoms with Crippen molar-refractivity contribution in [1.82, 2.24) is 30.5 Å². The number of nitrogens with one attached hydrogen (secondary N) is 2. The van der Waals surface area contributed by atoms with Gasteiger partial charge in [0.25, 0.3) is 0 Å². The summed E-state index contributed by atoms with van der Waals surface area (Å²) in [6.07, 6.45) is 7.62. The van der Waals surface area contributed by atoms with E-state index in [-0.39, 0.29) is 24.1 Å². The molecule has 0 bridgehead atoms. The maximum absolute atomic E-state index is 12.5. The molecule has 0 unspecified atom stereocenters. The van der Waals surface area contributed by atoms with E-state index in [0.29, 0.717) is 5.16 Å². The first kappa shape index (κ1) is 20.4. The molecule has 3 N–H and O–H groups in total. The van der Waals surface area contributed by atoms with Gasteiger partial charge in [-0.25, -0.2) is 9.48 Å². The minimum absolute atomic E-state index is 0.0603. The maximum Gasteiger partial charge on any atom is 0.326 e. The summed E-state index contributed by atoms with van der Waals surface area (Å²) in [5.41, 5.74) is 1.79. The van der Waals surface area contributed by atoms with E-state index in [1.807, 2.05) is 24.3 Å². The fraction of sp³-hybridized carbons (Fsp3) is 0.450. The predicted octanol–water partition coefficient (Wildman–Crippen LogP) is 2.56. The molecule has 0 radical (unpaired) electrons. The van der Waals surface area contributed by atoms with E-state index in [1.54, 1.807) is 10.9 Å². The van der Waals surface area contributed by atoms with Crippen molar-refractivity contribution < 1.29 is 14.7 Å². The minimum atomic E-state index is -1.06. The van der Waals surface area contributed by atoms with Crippen molar-refractivity contribution >= 4 is 34.5 Å². The molecule has 2 aromatic heterocycles. The van der Waals surface area contributed by atoms with Crippen LogP contribution in [0.2, 0.25) is 0 Å². The summed E-state index contributed by atoms with van der Waals surface area (Å²) in [6.45, 7) is 0. The quantitative estimate of drug-likeness (QED) is 0.471. The Morgan fingerprint density at radius 1 is 1.27 bits per heavy atom. The second-order valence-corrected chi connectivity index (χ2v) is 8.45. The van der Waals surface area contributed by atoms with Gasteiger partial charge in [0.05, 0.1) is 11.8 Å². The molecular weight excluding hydrogens is 404 g/mol. The van der Waals surface area contributed by atoms with Crippen LogP contribution in [-0.4, -0.2) is 54.0 Å². The summed E-state index contributed by atoms with van der Waals surface area (Å²) < 4.78 is 1.80. The van der Waals surface area contributed by atoms with Gasteiger partial charge in [0.2, 0.25) is 11.1 Å².